The molecule has 1 saturated heterocycles. The number of rotatable bonds is 3. The first-order valence-corrected chi connectivity index (χ1v) is 9.25. The first-order valence-electron chi connectivity index (χ1n) is 8.45. The molecule has 0 radical (unpaired) electrons. The van der Waals surface area contributed by atoms with Crippen molar-refractivity contribution >= 4 is 15.9 Å². The molecule has 116 valence electrons. The number of benzene rings is 1. The van der Waals surface area contributed by atoms with Gasteiger partial charge in [0.15, 0.2) is 0 Å². The van der Waals surface area contributed by atoms with E-state index in [1.54, 1.807) is 0 Å². The highest BCUT2D eigenvalue weighted by molar-refractivity contribution is 9.10. The lowest BCUT2D eigenvalue weighted by molar-refractivity contribution is 0.00259. The molecule has 1 aliphatic heterocycles. The van der Waals surface area contributed by atoms with E-state index in [4.69, 9.17) is 0 Å². The smallest absolute Gasteiger partial charge is 0.0338 e. The lowest BCUT2D eigenvalue weighted by atomic mass is 9.78. The van der Waals surface area contributed by atoms with E-state index in [1.807, 2.05) is 0 Å². The maximum Gasteiger partial charge on any atom is 0.0338 e. The van der Waals surface area contributed by atoms with Gasteiger partial charge in [-0.3, -0.25) is 4.90 Å². The lowest BCUT2D eigenvalue weighted by Crippen LogP contribution is -2.64. The number of hydrogen-bond acceptors (Lipinski definition) is 2. The molecule has 2 aliphatic rings. The lowest BCUT2D eigenvalue weighted by Gasteiger charge is -2.52. The van der Waals surface area contributed by atoms with E-state index >= 15 is 0 Å². The standard InChI is InChI=1S/C18H27BrN2/c1-2-16-13-21(12-15-8-4-5-9-17(15)19)18(14-20-16)10-6-3-7-11-18/h4-5,8-9,16,20H,2-3,6-7,10-14H2,1H3. The second-order valence-corrected chi connectivity index (χ2v) is 7.60. The quantitative estimate of drug-likeness (QED) is 0.872. The van der Waals surface area contributed by atoms with Crippen molar-refractivity contribution in [3.05, 3.63) is 34.3 Å². The zero-order valence-corrected chi connectivity index (χ0v) is 14.7. The number of hydrogen-bond donors (Lipinski definition) is 1. The van der Waals surface area contributed by atoms with Gasteiger partial charge < -0.3 is 5.32 Å². The van der Waals surface area contributed by atoms with Crippen molar-refractivity contribution in [1.29, 1.82) is 0 Å². The third-order valence-corrected chi connectivity index (χ3v) is 6.20. The number of piperazine rings is 1. The summed E-state index contributed by atoms with van der Waals surface area (Å²) in [5, 5.41) is 3.81. The third-order valence-electron chi connectivity index (χ3n) is 5.43. The molecule has 0 aromatic heterocycles. The fourth-order valence-corrected chi connectivity index (χ4v) is 4.42. The molecule has 1 spiro atoms. The van der Waals surface area contributed by atoms with Crippen LogP contribution in [0.25, 0.3) is 0 Å². The minimum absolute atomic E-state index is 0.402. The molecular weight excluding hydrogens is 324 g/mol. The zero-order chi connectivity index (χ0) is 14.7. The maximum atomic E-state index is 3.81. The minimum atomic E-state index is 0.402. The van der Waals surface area contributed by atoms with Crippen LogP contribution in [0.1, 0.15) is 51.0 Å². The number of nitrogens with one attached hydrogen (secondary N) is 1. The molecule has 3 rings (SSSR count). The number of nitrogens with zero attached hydrogens (tertiary/aromatic N) is 1. The van der Waals surface area contributed by atoms with Crippen LogP contribution in [-0.2, 0) is 6.54 Å². The molecule has 0 amide bonds. The zero-order valence-electron chi connectivity index (χ0n) is 13.1. The van der Waals surface area contributed by atoms with Gasteiger partial charge in [-0.15, -0.1) is 0 Å². The topological polar surface area (TPSA) is 15.3 Å². The average molecular weight is 351 g/mol. The van der Waals surface area contributed by atoms with E-state index in [2.05, 4.69) is 57.3 Å². The van der Waals surface area contributed by atoms with E-state index in [1.165, 1.54) is 61.7 Å². The molecule has 0 bridgehead atoms. The summed E-state index contributed by atoms with van der Waals surface area (Å²) in [7, 11) is 0. The van der Waals surface area contributed by atoms with Gasteiger partial charge in [-0.25, -0.2) is 0 Å². The van der Waals surface area contributed by atoms with Crippen molar-refractivity contribution < 1.29 is 0 Å². The monoisotopic (exact) mass is 350 g/mol. The third kappa shape index (κ3) is 3.35. The molecule has 1 N–H and O–H groups in total. The van der Waals surface area contributed by atoms with Gasteiger partial charge in [0.05, 0.1) is 0 Å². The van der Waals surface area contributed by atoms with Gasteiger partial charge in [0.1, 0.15) is 0 Å². The van der Waals surface area contributed by atoms with Gasteiger partial charge in [-0.05, 0) is 30.9 Å². The average Bonchev–Trinajstić information content (AvgIpc) is 2.53. The Labute approximate surface area is 137 Å². The van der Waals surface area contributed by atoms with Gasteiger partial charge in [-0.1, -0.05) is 60.3 Å². The molecule has 2 fully saturated rings. The van der Waals surface area contributed by atoms with E-state index in [0.717, 1.165) is 6.54 Å². The Morgan fingerprint density at radius 3 is 2.71 bits per heavy atom. The van der Waals surface area contributed by atoms with Gasteiger partial charge in [-0.2, -0.15) is 0 Å². The summed E-state index contributed by atoms with van der Waals surface area (Å²) in [6.45, 7) is 5.75. The first-order chi connectivity index (χ1) is 10.2. The fourth-order valence-electron chi connectivity index (χ4n) is 4.01. The molecule has 21 heavy (non-hydrogen) atoms. The van der Waals surface area contributed by atoms with E-state index in [0.29, 0.717) is 11.6 Å². The van der Waals surface area contributed by atoms with Gasteiger partial charge >= 0.3 is 0 Å². The molecule has 1 atom stereocenters. The molecule has 3 heteroatoms. The van der Waals surface area contributed by atoms with Crippen molar-refractivity contribution in [2.75, 3.05) is 13.1 Å². The van der Waals surface area contributed by atoms with Crippen molar-refractivity contribution in [3.63, 3.8) is 0 Å². The Kier molecular flexibility index (Phi) is 5.03. The summed E-state index contributed by atoms with van der Waals surface area (Å²) in [5.41, 5.74) is 1.83. The van der Waals surface area contributed by atoms with Crippen molar-refractivity contribution in [3.8, 4) is 0 Å². The molecular formula is C18H27BrN2. The summed E-state index contributed by atoms with van der Waals surface area (Å²) >= 11 is 3.73. The van der Waals surface area contributed by atoms with Gasteiger partial charge in [0, 0.05) is 35.7 Å². The summed E-state index contributed by atoms with van der Waals surface area (Å²) in [4.78, 5) is 2.79. The summed E-state index contributed by atoms with van der Waals surface area (Å²) in [6.07, 6.45) is 8.15. The highest BCUT2D eigenvalue weighted by atomic mass is 79.9. The summed E-state index contributed by atoms with van der Waals surface area (Å²) in [6, 6.07) is 9.36. The van der Waals surface area contributed by atoms with Crippen LogP contribution in [0.2, 0.25) is 0 Å². The molecule has 1 heterocycles. The van der Waals surface area contributed by atoms with Crippen LogP contribution in [0, 0.1) is 0 Å². The molecule has 1 aromatic carbocycles. The van der Waals surface area contributed by atoms with Gasteiger partial charge in [0.25, 0.3) is 0 Å². The first kappa shape index (κ1) is 15.5. The molecule has 2 nitrogen and oxygen atoms in total. The van der Waals surface area contributed by atoms with Crippen LogP contribution in [0.15, 0.2) is 28.7 Å². The SMILES string of the molecule is CCC1CN(Cc2ccccc2Br)C2(CCCCC2)CN1. The molecule has 1 saturated carbocycles. The Balaban J connectivity index is 1.81. The Morgan fingerprint density at radius 1 is 1.24 bits per heavy atom. The van der Waals surface area contributed by atoms with Gasteiger partial charge in [0.2, 0.25) is 0 Å². The molecule has 1 unspecified atom stereocenters. The van der Waals surface area contributed by atoms with Crippen molar-refractivity contribution in [2.24, 2.45) is 0 Å². The largest absolute Gasteiger partial charge is 0.311 e. The minimum Gasteiger partial charge on any atom is -0.311 e. The molecule has 1 aliphatic carbocycles. The van der Waals surface area contributed by atoms with Crippen LogP contribution in [0.4, 0.5) is 0 Å². The summed E-state index contributed by atoms with van der Waals surface area (Å²) in [5.74, 6) is 0. The second kappa shape index (κ2) is 6.80. The predicted octanol–water partition coefficient (Wildman–Crippen LogP) is 4.34. The van der Waals surface area contributed by atoms with E-state index in [-0.39, 0.29) is 0 Å². The van der Waals surface area contributed by atoms with E-state index < -0.39 is 0 Å². The highest BCUT2D eigenvalue weighted by Crippen LogP contribution is 2.37. The Morgan fingerprint density at radius 2 is 2.00 bits per heavy atom. The van der Waals surface area contributed by atoms with E-state index in [9.17, 15) is 0 Å². The Hall–Kier alpha value is -0.380. The van der Waals surface area contributed by atoms with Crippen molar-refractivity contribution in [1.82, 2.24) is 10.2 Å². The van der Waals surface area contributed by atoms with Crippen LogP contribution in [-0.4, -0.2) is 29.6 Å². The predicted molar refractivity (Wildman–Crippen MR) is 92.4 cm³/mol. The Bertz CT molecular complexity index is 468. The van der Waals surface area contributed by atoms with Crippen LogP contribution in [0.3, 0.4) is 0 Å². The highest BCUT2D eigenvalue weighted by Gasteiger charge is 2.41. The fraction of sp³-hybridized carbons (Fsp3) is 0.667. The normalized spacial score (nSPS) is 26.1. The second-order valence-electron chi connectivity index (χ2n) is 6.74. The molecule has 1 aromatic rings. The van der Waals surface area contributed by atoms with Crippen LogP contribution in [0.5, 0.6) is 0 Å². The van der Waals surface area contributed by atoms with Crippen LogP contribution >= 0.6 is 15.9 Å². The van der Waals surface area contributed by atoms with Crippen LogP contribution < -0.4 is 5.32 Å². The maximum absolute atomic E-state index is 3.81. The number of halogens is 1. The summed E-state index contributed by atoms with van der Waals surface area (Å²) < 4.78 is 1.25. The van der Waals surface area contributed by atoms with Crippen molar-refractivity contribution in [2.45, 2.75) is 63.6 Å².